The minimum atomic E-state index is -0.523. The molecule has 0 saturated heterocycles. The standard InChI is InChI=1S/C17H20FN3O3/c1-11(7-12-5-4-6-13(18)9-12)8-16(22)19-15-10-14(17(23)24-3)21(2)20-15/h4-6,9-11H,7-8H2,1-3H3,(H,19,20,22). The second kappa shape index (κ2) is 7.72. The normalized spacial score (nSPS) is 11.8. The second-order valence-electron chi connectivity index (χ2n) is 5.72. The SMILES string of the molecule is COC(=O)c1cc(NC(=O)CC(C)Cc2cccc(F)c2)nn1C. The van der Waals surface area contributed by atoms with Crippen molar-refractivity contribution in [2.24, 2.45) is 13.0 Å². The van der Waals surface area contributed by atoms with Crippen molar-refractivity contribution in [3.63, 3.8) is 0 Å². The Balaban J connectivity index is 1.92. The van der Waals surface area contributed by atoms with Gasteiger partial charge in [0.15, 0.2) is 5.82 Å². The van der Waals surface area contributed by atoms with E-state index in [1.54, 1.807) is 13.1 Å². The van der Waals surface area contributed by atoms with Crippen LogP contribution in [0, 0.1) is 11.7 Å². The number of hydrogen-bond acceptors (Lipinski definition) is 4. The highest BCUT2D eigenvalue weighted by molar-refractivity contribution is 5.93. The van der Waals surface area contributed by atoms with Crippen LogP contribution in [0.25, 0.3) is 0 Å². The van der Waals surface area contributed by atoms with Crippen molar-refractivity contribution in [1.29, 1.82) is 0 Å². The van der Waals surface area contributed by atoms with Crippen LogP contribution in [0.4, 0.5) is 10.2 Å². The van der Waals surface area contributed by atoms with Crippen LogP contribution in [0.1, 0.15) is 29.4 Å². The van der Waals surface area contributed by atoms with Crippen LogP contribution in [-0.2, 0) is 23.0 Å². The van der Waals surface area contributed by atoms with Gasteiger partial charge in [0.05, 0.1) is 7.11 Å². The highest BCUT2D eigenvalue weighted by Crippen LogP contribution is 2.15. The lowest BCUT2D eigenvalue weighted by Gasteiger charge is -2.11. The van der Waals surface area contributed by atoms with Crippen molar-refractivity contribution in [1.82, 2.24) is 9.78 Å². The largest absolute Gasteiger partial charge is 0.464 e. The molecule has 0 aliphatic heterocycles. The first-order valence-corrected chi connectivity index (χ1v) is 7.55. The molecule has 2 aromatic rings. The number of rotatable bonds is 6. The molecule has 1 aromatic carbocycles. The van der Waals surface area contributed by atoms with Crippen molar-refractivity contribution in [3.8, 4) is 0 Å². The van der Waals surface area contributed by atoms with E-state index >= 15 is 0 Å². The predicted octanol–water partition coefficient (Wildman–Crippen LogP) is 2.55. The molecule has 0 aliphatic carbocycles. The van der Waals surface area contributed by atoms with Gasteiger partial charge in [0, 0.05) is 19.5 Å². The van der Waals surface area contributed by atoms with E-state index in [4.69, 9.17) is 0 Å². The summed E-state index contributed by atoms with van der Waals surface area (Å²) in [6.07, 6.45) is 0.863. The summed E-state index contributed by atoms with van der Waals surface area (Å²) in [6.45, 7) is 1.92. The summed E-state index contributed by atoms with van der Waals surface area (Å²) in [5.41, 5.74) is 1.10. The first kappa shape index (κ1) is 17.7. The van der Waals surface area contributed by atoms with Crippen LogP contribution in [-0.4, -0.2) is 28.8 Å². The average Bonchev–Trinajstić information content (AvgIpc) is 2.86. The number of aromatic nitrogens is 2. The molecule has 0 radical (unpaired) electrons. The molecular weight excluding hydrogens is 313 g/mol. The molecule has 2 rings (SSSR count). The molecule has 1 aromatic heterocycles. The topological polar surface area (TPSA) is 73.2 Å². The van der Waals surface area contributed by atoms with Crippen molar-refractivity contribution in [3.05, 3.63) is 47.4 Å². The number of nitrogens with zero attached hydrogens (tertiary/aromatic N) is 2. The Kier molecular flexibility index (Phi) is 5.68. The summed E-state index contributed by atoms with van der Waals surface area (Å²) >= 11 is 0. The van der Waals surface area contributed by atoms with E-state index in [9.17, 15) is 14.0 Å². The molecule has 24 heavy (non-hydrogen) atoms. The van der Waals surface area contributed by atoms with Gasteiger partial charge in [-0.25, -0.2) is 9.18 Å². The molecule has 128 valence electrons. The van der Waals surface area contributed by atoms with Gasteiger partial charge in [-0.15, -0.1) is 0 Å². The minimum absolute atomic E-state index is 0.0376. The molecule has 1 N–H and O–H groups in total. The van der Waals surface area contributed by atoms with Gasteiger partial charge in [-0.3, -0.25) is 9.48 Å². The summed E-state index contributed by atoms with van der Waals surface area (Å²) in [5.74, 6) is -0.692. The summed E-state index contributed by atoms with van der Waals surface area (Å²) < 4.78 is 19.2. The summed E-state index contributed by atoms with van der Waals surface area (Å²) in [4.78, 5) is 23.6. The smallest absolute Gasteiger partial charge is 0.356 e. The number of ether oxygens (including phenoxy) is 1. The van der Waals surface area contributed by atoms with Crippen LogP contribution < -0.4 is 5.32 Å². The Labute approximate surface area is 139 Å². The zero-order valence-electron chi connectivity index (χ0n) is 13.9. The van der Waals surface area contributed by atoms with E-state index in [-0.39, 0.29) is 29.8 Å². The Hall–Kier alpha value is -2.70. The van der Waals surface area contributed by atoms with Gasteiger partial charge >= 0.3 is 5.97 Å². The van der Waals surface area contributed by atoms with E-state index in [0.717, 1.165) is 5.56 Å². The first-order valence-electron chi connectivity index (χ1n) is 7.55. The van der Waals surface area contributed by atoms with Gasteiger partial charge < -0.3 is 10.1 Å². The highest BCUT2D eigenvalue weighted by Gasteiger charge is 2.16. The third-order valence-electron chi connectivity index (χ3n) is 3.55. The molecule has 1 amide bonds. The van der Waals surface area contributed by atoms with E-state index in [2.05, 4.69) is 15.2 Å². The molecule has 0 saturated carbocycles. The number of aryl methyl sites for hydroxylation is 1. The summed E-state index contributed by atoms with van der Waals surface area (Å²) in [6, 6.07) is 7.80. The number of nitrogens with one attached hydrogen (secondary N) is 1. The summed E-state index contributed by atoms with van der Waals surface area (Å²) in [7, 11) is 2.87. The van der Waals surface area contributed by atoms with Crippen LogP contribution >= 0.6 is 0 Å². The number of esters is 1. The van der Waals surface area contributed by atoms with Crippen LogP contribution in [0.2, 0.25) is 0 Å². The van der Waals surface area contributed by atoms with Crippen molar-refractivity contribution >= 4 is 17.7 Å². The van der Waals surface area contributed by atoms with Crippen molar-refractivity contribution < 1.29 is 18.7 Å². The number of halogens is 1. The van der Waals surface area contributed by atoms with Gasteiger partial charge in [-0.2, -0.15) is 5.10 Å². The monoisotopic (exact) mass is 333 g/mol. The maximum Gasteiger partial charge on any atom is 0.356 e. The Morgan fingerprint density at radius 1 is 1.38 bits per heavy atom. The third-order valence-corrected chi connectivity index (χ3v) is 3.55. The second-order valence-corrected chi connectivity index (χ2v) is 5.72. The van der Waals surface area contributed by atoms with E-state index in [0.29, 0.717) is 12.2 Å². The molecule has 1 heterocycles. The molecule has 7 heteroatoms. The minimum Gasteiger partial charge on any atom is -0.464 e. The Morgan fingerprint density at radius 2 is 2.12 bits per heavy atom. The van der Waals surface area contributed by atoms with E-state index < -0.39 is 5.97 Å². The summed E-state index contributed by atoms with van der Waals surface area (Å²) in [5, 5.41) is 6.71. The van der Waals surface area contributed by atoms with Crippen LogP contribution in [0.3, 0.4) is 0 Å². The third kappa shape index (κ3) is 4.65. The van der Waals surface area contributed by atoms with E-state index in [1.165, 1.54) is 30.0 Å². The molecule has 6 nitrogen and oxygen atoms in total. The number of hydrogen-bond donors (Lipinski definition) is 1. The molecule has 0 fully saturated rings. The number of benzene rings is 1. The average molecular weight is 333 g/mol. The molecule has 0 spiro atoms. The number of methoxy groups -OCH3 is 1. The maximum atomic E-state index is 13.2. The lowest BCUT2D eigenvalue weighted by Crippen LogP contribution is -2.16. The predicted molar refractivity (Wildman–Crippen MR) is 87.1 cm³/mol. The lowest BCUT2D eigenvalue weighted by molar-refractivity contribution is -0.117. The van der Waals surface area contributed by atoms with Gasteiger partial charge in [-0.1, -0.05) is 19.1 Å². The van der Waals surface area contributed by atoms with Crippen molar-refractivity contribution in [2.45, 2.75) is 19.8 Å². The Bertz CT molecular complexity index is 742. The van der Waals surface area contributed by atoms with Crippen LogP contribution in [0.5, 0.6) is 0 Å². The fraction of sp³-hybridized carbons (Fsp3) is 0.353. The Morgan fingerprint density at radius 3 is 2.79 bits per heavy atom. The zero-order chi connectivity index (χ0) is 17.7. The number of carbonyl (C=O) groups is 2. The highest BCUT2D eigenvalue weighted by atomic mass is 19.1. The van der Waals surface area contributed by atoms with Gasteiger partial charge in [0.2, 0.25) is 5.91 Å². The van der Waals surface area contributed by atoms with Gasteiger partial charge in [-0.05, 0) is 30.0 Å². The fourth-order valence-electron chi connectivity index (χ4n) is 2.47. The fourth-order valence-corrected chi connectivity index (χ4v) is 2.47. The van der Waals surface area contributed by atoms with Gasteiger partial charge in [0.25, 0.3) is 0 Å². The number of anilines is 1. The quantitative estimate of drug-likeness (QED) is 0.825. The molecular formula is C17H20FN3O3. The lowest BCUT2D eigenvalue weighted by atomic mass is 9.98. The molecule has 0 bridgehead atoms. The molecule has 0 aliphatic rings. The molecule has 1 atom stereocenters. The maximum absolute atomic E-state index is 13.2. The molecule has 1 unspecified atom stereocenters. The van der Waals surface area contributed by atoms with Crippen LogP contribution in [0.15, 0.2) is 30.3 Å². The van der Waals surface area contributed by atoms with E-state index in [1.807, 2.05) is 13.0 Å². The number of amides is 1. The zero-order valence-corrected chi connectivity index (χ0v) is 13.9. The number of carbonyl (C=O) groups excluding carboxylic acids is 2. The first-order chi connectivity index (χ1) is 11.4. The van der Waals surface area contributed by atoms with Gasteiger partial charge in [0.1, 0.15) is 11.5 Å². The van der Waals surface area contributed by atoms with Crippen molar-refractivity contribution in [2.75, 3.05) is 12.4 Å².